The molecule has 0 aliphatic carbocycles. The number of benzene rings is 3. The Kier molecular flexibility index (Phi) is 7.02. The van der Waals surface area contributed by atoms with E-state index in [9.17, 15) is 10.1 Å². The highest BCUT2D eigenvalue weighted by molar-refractivity contribution is 5.74. The van der Waals surface area contributed by atoms with Gasteiger partial charge < -0.3 is 29.4 Å². The number of fused-ring (bicyclic) bond motifs is 1. The van der Waals surface area contributed by atoms with Crippen molar-refractivity contribution in [2.24, 2.45) is 5.73 Å². The van der Waals surface area contributed by atoms with Crippen LogP contribution in [0.3, 0.4) is 0 Å². The zero-order valence-corrected chi connectivity index (χ0v) is 20.5. The third-order valence-electron chi connectivity index (χ3n) is 6.07. The van der Waals surface area contributed by atoms with Gasteiger partial charge in [0.25, 0.3) is 0 Å². The number of allylic oxidation sites excluding steroid dienone is 1. The maximum absolute atomic E-state index is 12.5. The Morgan fingerprint density at radius 2 is 1.78 bits per heavy atom. The van der Waals surface area contributed by atoms with Crippen LogP contribution in [0.25, 0.3) is 0 Å². The van der Waals surface area contributed by atoms with Gasteiger partial charge in [0.05, 0.1) is 20.1 Å². The average molecular weight is 487 g/mol. The van der Waals surface area contributed by atoms with Crippen molar-refractivity contribution in [3.8, 4) is 34.8 Å². The summed E-state index contributed by atoms with van der Waals surface area (Å²) in [5.74, 6) is 1.23. The van der Waals surface area contributed by atoms with Crippen molar-refractivity contribution in [1.29, 1.82) is 5.26 Å². The van der Waals surface area contributed by atoms with Crippen LogP contribution in [0, 0.1) is 25.2 Å². The van der Waals surface area contributed by atoms with E-state index in [2.05, 4.69) is 6.07 Å². The predicted octanol–water partition coefficient (Wildman–Crippen LogP) is 4.52. The standard InChI is InChI=1S/C28H26N2O6/c1-16-6-5-7-23(17(16)2)34-15-26(31)35-19-8-10-20-25(13-19)36-28(30)22(14-29)27(20)21-12-18(32-3)9-11-24(21)33-4/h5-13,27H,15,30H2,1-4H3. The zero-order chi connectivity index (χ0) is 25.8. The molecule has 1 atom stereocenters. The minimum atomic E-state index is -0.570. The van der Waals surface area contributed by atoms with Gasteiger partial charge in [0.2, 0.25) is 5.88 Å². The Morgan fingerprint density at radius 3 is 2.50 bits per heavy atom. The molecule has 184 valence electrons. The molecule has 0 fully saturated rings. The van der Waals surface area contributed by atoms with Gasteiger partial charge in [-0.3, -0.25) is 0 Å². The van der Waals surface area contributed by atoms with E-state index in [1.54, 1.807) is 56.7 Å². The van der Waals surface area contributed by atoms with Gasteiger partial charge in [0.1, 0.15) is 40.4 Å². The van der Waals surface area contributed by atoms with Crippen LogP contribution in [0.2, 0.25) is 0 Å². The van der Waals surface area contributed by atoms with Gasteiger partial charge in [-0.15, -0.1) is 0 Å². The highest BCUT2D eigenvalue weighted by Gasteiger charge is 2.33. The van der Waals surface area contributed by atoms with Gasteiger partial charge in [0.15, 0.2) is 6.61 Å². The average Bonchev–Trinajstić information content (AvgIpc) is 2.88. The first-order valence-electron chi connectivity index (χ1n) is 11.2. The Balaban J connectivity index is 1.61. The highest BCUT2D eigenvalue weighted by atomic mass is 16.6. The lowest BCUT2D eigenvalue weighted by atomic mass is 9.83. The number of nitrogens with two attached hydrogens (primary N) is 1. The maximum atomic E-state index is 12.5. The Morgan fingerprint density at radius 1 is 1.00 bits per heavy atom. The second-order valence-corrected chi connectivity index (χ2v) is 8.19. The molecule has 0 bridgehead atoms. The summed E-state index contributed by atoms with van der Waals surface area (Å²) in [5.41, 5.74) is 9.74. The molecule has 1 unspecified atom stereocenters. The van der Waals surface area contributed by atoms with Crippen LogP contribution in [0.4, 0.5) is 0 Å². The van der Waals surface area contributed by atoms with Crippen molar-refractivity contribution in [1.82, 2.24) is 0 Å². The summed E-state index contributed by atoms with van der Waals surface area (Å²) in [6, 6.07) is 18.0. The molecule has 8 heteroatoms. The van der Waals surface area contributed by atoms with Crippen LogP contribution in [-0.2, 0) is 4.79 Å². The molecule has 0 radical (unpaired) electrons. The molecule has 1 aliphatic rings. The third kappa shape index (κ3) is 4.77. The molecule has 0 saturated heterocycles. The number of carbonyl (C=O) groups is 1. The summed E-state index contributed by atoms with van der Waals surface area (Å²) < 4.78 is 27.8. The first kappa shape index (κ1) is 24.5. The Hall–Kier alpha value is -4.64. The lowest BCUT2D eigenvalue weighted by molar-refractivity contribution is -0.136. The molecule has 3 aromatic rings. The fourth-order valence-corrected chi connectivity index (χ4v) is 4.06. The van der Waals surface area contributed by atoms with E-state index >= 15 is 0 Å². The number of nitriles is 1. The fraction of sp³-hybridized carbons (Fsp3) is 0.214. The molecular formula is C28H26N2O6. The molecule has 1 aliphatic heterocycles. The SMILES string of the molecule is COc1ccc(OC)c(C2C(C#N)=C(N)Oc3cc(OC(=O)COc4cccc(C)c4C)ccc32)c1. The Bertz CT molecular complexity index is 1390. The largest absolute Gasteiger partial charge is 0.497 e. The van der Waals surface area contributed by atoms with Crippen molar-refractivity contribution in [3.63, 3.8) is 0 Å². The monoisotopic (exact) mass is 486 g/mol. The summed E-state index contributed by atoms with van der Waals surface area (Å²) in [7, 11) is 3.11. The van der Waals surface area contributed by atoms with E-state index in [-0.39, 0.29) is 23.8 Å². The van der Waals surface area contributed by atoms with Crippen molar-refractivity contribution < 1.29 is 28.5 Å². The maximum Gasteiger partial charge on any atom is 0.349 e. The van der Waals surface area contributed by atoms with Crippen LogP contribution in [-0.4, -0.2) is 26.8 Å². The molecule has 4 rings (SSSR count). The van der Waals surface area contributed by atoms with Crippen molar-refractivity contribution in [2.75, 3.05) is 20.8 Å². The van der Waals surface area contributed by atoms with Crippen LogP contribution in [0.1, 0.15) is 28.2 Å². The highest BCUT2D eigenvalue weighted by Crippen LogP contribution is 2.46. The van der Waals surface area contributed by atoms with Gasteiger partial charge in [-0.25, -0.2) is 4.79 Å². The summed E-state index contributed by atoms with van der Waals surface area (Å²) in [6.45, 7) is 3.64. The molecule has 0 aromatic heterocycles. The molecule has 3 aromatic carbocycles. The number of carbonyl (C=O) groups excluding carboxylic acids is 1. The number of hydrogen-bond donors (Lipinski definition) is 1. The lowest BCUT2D eigenvalue weighted by Crippen LogP contribution is -2.22. The molecule has 8 nitrogen and oxygen atoms in total. The summed E-state index contributed by atoms with van der Waals surface area (Å²) in [4.78, 5) is 12.5. The van der Waals surface area contributed by atoms with E-state index in [1.807, 2.05) is 26.0 Å². The summed E-state index contributed by atoms with van der Waals surface area (Å²) in [5, 5.41) is 9.85. The predicted molar refractivity (Wildman–Crippen MR) is 132 cm³/mol. The number of methoxy groups -OCH3 is 2. The van der Waals surface area contributed by atoms with Gasteiger partial charge in [0, 0.05) is 17.2 Å². The normalized spacial score (nSPS) is 14.2. The topological polar surface area (TPSA) is 113 Å². The van der Waals surface area contributed by atoms with E-state index in [0.29, 0.717) is 34.1 Å². The first-order valence-corrected chi connectivity index (χ1v) is 11.2. The van der Waals surface area contributed by atoms with Gasteiger partial charge >= 0.3 is 5.97 Å². The van der Waals surface area contributed by atoms with Gasteiger partial charge in [-0.2, -0.15) is 5.26 Å². The molecule has 1 heterocycles. The van der Waals surface area contributed by atoms with Crippen molar-refractivity contribution in [2.45, 2.75) is 19.8 Å². The number of esters is 1. The molecule has 0 amide bonds. The van der Waals surface area contributed by atoms with E-state index in [1.165, 1.54) is 0 Å². The van der Waals surface area contributed by atoms with Gasteiger partial charge in [-0.05, 0) is 55.3 Å². The summed E-state index contributed by atoms with van der Waals surface area (Å²) in [6.07, 6.45) is 0. The van der Waals surface area contributed by atoms with Crippen molar-refractivity contribution >= 4 is 5.97 Å². The number of hydrogen-bond acceptors (Lipinski definition) is 8. The third-order valence-corrected chi connectivity index (χ3v) is 6.07. The zero-order valence-electron chi connectivity index (χ0n) is 20.5. The number of nitrogens with zero attached hydrogens (tertiary/aromatic N) is 1. The first-order chi connectivity index (χ1) is 17.4. The van der Waals surface area contributed by atoms with E-state index in [0.717, 1.165) is 11.1 Å². The lowest BCUT2D eigenvalue weighted by Gasteiger charge is -2.28. The Labute approximate surface area is 209 Å². The minimum Gasteiger partial charge on any atom is -0.497 e. The second kappa shape index (κ2) is 10.3. The molecule has 2 N–H and O–H groups in total. The molecular weight excluding hydrogens is 460 g/mol. The van der Waals surface area contributed by atoms with Crippen LogP contribution in [0.15, 0.2) is 66.1 Å². The van der Waals surface area contributed by atoms with E-state index < -0.39 is 11.9 Å². The quantitative estimate of drug-likeness (QED) is 0.383. The van der Waals surface area contributed by atoms with Crippen LogP contribution < -0.4 is 29.4 Å². The van der Waals surface area contributed by atoms with E-state index in [4.69, 9.17) is 29.4 Å². The summed E-state index contributed by atoms with van der Waals surface area (Å²) >= 11 is 0. The molecule has 36 heavy (non-hydrogen) atoms. The fourth-order valence-electron chi connectivity index (χ4n) is 4.06. The van der Waals surface area contributed by atoms with Gasteiger partial charge in [-0.1, -0.05) is 18.2 Å². The number of aryl methyl sites for hydroxylation is 1. The number of ether oxygens (including phenoxy) is 5. The second-order valence-electron chi connectivity index (χ2n) is 8.19. The van der Waals surface area contributed by atoms with Crippen molar-refractivity contribution in [3.05, 3.63) is 88.3 Å². The minimum absolute atomic E-state index is 0.0402. The molecule has 0 saturated carbocycles. The smallest absolute Gasteiger partial charge is 0.349 e. The van der Waals surface area contributed by atoms with Crippen LogP contribution >= 0.6 is 0 Å². The van der Waals surface area contributed by atoms with Crippen LogP contribution in [0.5, 0.6) is 28.7 Å². The number of rotatable bonds is 7. The molecule has 0 spiro atoms.